The van der Waals surface area contributed by atoms with Crippen molar-refractivity contribution in [3.63, 3.8) is 0 Å². The lowest BCUT2D eigenvalue weighted by atomic mass is 10.1. The van der Waals surface area contributed by atoms with E-state index in [0.29, 0.717) is 16.1 Å². The summed E-state index contributed by atoms with van der Waals surface area (Å²) in [6.45, 7) is 3.33. The highest BCUT2D eigenvalue weighted by atomic mass is 32.2. The van der Waals surface area contributed by atoms with E-state index < -0.39 is 17.2 Å². The van der Waals surface area contributed by atoms with Crippen LogP contribution in [0, 0.1) is 5.82 Å². The van der Waals surface area contributed by atoms with E-state index in [1.807, 2.05) is 10.3 Å². The quantitative estimate of drug-likeness (QED) is 0.439. The van der Waals surface area contributed by atoms with Crippen molar-refractivity contribution in [1.82, 2.24) is 15.0 Å². The standard InChI is InChI=1S/C19H21FN6O2S/c20-13-9-11-14-17(15(13)24-5-1-2-6-24)29-19(25-7-3-4-8-25)23-26(14)10-12(16(11)27)18(28)22-21/h9-10H,1-8,21H2,(H,22,28). The molecule has 8 nitrogen and oxygen atoms in total. The maximum atomic E-state index is 15.3. The van der Waals surface area contributed by atoms with Gasteiger partial charge in [0.05, 0.1) is 21.5 Å². The highest BCUT2D eigenvalue weighted by Gasteiger charge is 2.31. The molecule has 0 unspecified atom stereocenters. The van der Waals surface area contributed by atoms with Crippen molar-refractivity contribution in [2.75, 3.05) is 31.1 Å². The lowest BCUT2D eigenvalue weighted by Gasteiger charge is -2.29. The number of rotatable bonds is 2. The van der Waals surface area contributed by atoms with Gasteiger partial charge in [-0.1, -0.05) is 0 Å². The van der Waals surface area contributed by atoms with Crippen LogP contribution in [0.3, 0.4) is 0 Å². The van der Waals surface area contributed by atoms with Crippen molar-refractivity contribution < 1.29 is 9.18 Å². The van der Waals surface area contributed by atoms with E-state index in [0.717, 1.165) is 57.0 Å². The number of nitrogens with two attached hydrogens (primary N) is 1. The first-order valence-electron chi connectivity index (χ1n) is 9.78. The Morgan fingerprint density at radius 1 is 1.14 bits per heavy atom. The number of hydrazine groups is 1. The molecule has 1 aromatic carbocycles. The fourth-order valence-electron chi connectivity index (χ4n) is 4.29. The van der Waals surface area contributed by atoms with Crippen molar-refractivity contribution in [2.24, 2.45) is 10.9 Å². The van der Waals surface area contributed by atoms with Gasteiger partial charge in [-0.05, 0) is 43.5 Å². The van der Waals surface area contributed by atoms with E-state index in [2.05, 4.69) is 10.0 Å². The molecule has 3 aliphatic heterocycles. The number of carbonyl (C=O) groups is 1. The Balaban J connectivity index is 1.80. The molecule has 1 aromatic heterocycles. The average Bonchev–Trinajstić information content (AvgIpc) is 3.43. The Labute approximate surface area is 170 Å². The van der Waals surface area contributed by atoms with Crippen LogP contribution >= 0.6 is 11.8 Å². The van der Waals surface area contributed by atoms with Crippen LogP contribution < -0.4 is 21.6 Å². The lowest BCUT2D eigenvalue weighted by Crippen LogP contribution is -2.35. The maximum absolute atomic E-state index is 15.3. The molecule has 3 aliphatic rings. The molecule has 0 saturated carbocycles. The summed E-state index contributed by atoms with van der Waals surface area (Å²) in [7, 11) is 0. The van der Waals surface area contributed by atoms with Crippen molar-refractivity contribution in [3.8, 4) is 0 Å². The van der Waals surface area contributed by atoms with Gasteiger partial charge >= 0.3 is 0 Å². The van der Waals surface area contributed by atoms with E-state index in [1.165, 1.54) is 24.0 Å². The van der Waals surface area contributed by atoms with E-state index in [4.69, 9.17) is 5.84 Å². The third-order valence-corrected chi connectivity index (χ3v) is 6.83. The van der Waals surface area contributed by atoms with Crippen molar-refractivity contribution in [2.45, 2.75) is 30.6 Å². The molecule has 0 atom stereocenters. The van der Waals surface area contributed by atoms with Gasteiger partial charge in [-0.3, -0.25) is 15.0 Å². The minimum Gasteiger partial charge on any atom is -0.368 e. The molecule has 0 bridgehead atoms. The number of benzene rings is 1. The molecule has 4 heterocycles. The number of aromatic nitrogens is 1. The van der Waals surface area contributed by atoms with Crippen LogP contribution in [-0.2, 0) is 0 Å². The molecule has 152 valence electrons. The highest BCUT2D eigenvalue weighted by molar-refractivity contribution is 8.14. The molecule has 0 aliphatic carbocycles. The third kappa shape index (κ3) is 2.89. The van der Waals surface area contributed by atoms with Crippen LogP contribution in [0.5, 0.6) is 0 Å². The summed E-state index contributed by atoms with van der Waals surface area (Å²) < 4.78 is 16.8. The molecule has 2 saturated heterocycles. The number of pyridine rings is 1. The van der Waals surface area contributed by atoms with E-state index in [1.54, 1.807) is 4.68 Å². The Morgan fingerprint density at radius 2 is 1.79 bits per heavy atom. The lowest BCUT2D eigenvalue weighted by molar-refractivity contribution is 0.0952. The number of anilines is 1. The van der Waals surface area contributed by atoms with Crippen LogP contribution in [0.15, 0.2) is 27.1 Å². The van der Waals surface area contributed by atoms with Crippen LogP contribution in [0.2, 0.25) is 0 Å². The molecule has 0 spiro atoms. The van der Waals surface area contributed by atoms with E-state index in [-0.39, 0.29) is 10.9 Å². The fraction of sp³-hybridized carbons (Fsp3) is 0.421. The number of likely N-dealkylation sites (tertiary alicyclic amines) is 1. The van der Waals surface area contributed by atoms with Crippen LogP contribution in [0.4, 0.5) is 10.1 Å². The number of nitrogens with zero attached hydrogens (tertiary/aromatic N) is 4. The van der Waals surface area contributed by atoms with Gasteiger partial charge in [0, 0.05) is 32.4 Å². The SMILES string of the molecule is NNC(=O)c1cn2c3c(c(N4CCCC4)c(F)cc3c1=O)SC(N1CCCC1)=N2. The molecule has 3 N–H and O–H groups in total. The summed E-state index contributed by atoms with van der Waals surface area (Å²) in [5, 5.41) is 5.57. The van der Waals surface area contributed by atoms with Gasteiger partial charge < -0.3 is 9.80 Å². The Hall–Kier alpha value is -2.59. The van der Waals surface area contributed by atoms with Crippen LogP contribution in [0.25, 0.3) is 10.9 Å². The highest BCUT2D eigenvalue weighted by Crippen LogP contribution is 2.43. The second-order valence-corrected chi connectivity index (χ2v) is 8.47. The van der Waals surface area contributed by atoms with Gasteiger partial charge in [-0.2, -0.15) is 0 Å². The van der Waals surface area contributed by atoms with Crippen molar-refractivity contribution >= 4 is 39.4 Å². The number of nitrogens with one attached hydrogen (secondary N) is 1. The minimum absolute atomic E-state index is 0.137. The summed E-state index contributed by atoms with van der Waals surface area (Å²) in [5.74, 6) is 4.07. The zero-order valence-electron chi connectivity index (χ0n) is 15.8. The molecule has 1 amide bonds. The van der Waals surface area contributed by atoms with Gasteiger partial charge in [0.25, 0.3) is 5.91 Å². The molecular weight excluding hydrogens is 395 g/mol. The van der Waals surface area contributed by atoms with Gasteiger partial charge in [0.15, 0.2) is 5.17 Å². The first-order valence-corrected chi connectivity index (χ1v) is 10.6. The predicted octanol–water partition coefficient (Wildman–Crippen LogP) is 1.66. The average molecular weight is 416 g/mol. The number of amidine groups is 1. The minimum atomic E-state index is -0.720. The number of carbonyl (C=O) groups excluding carboxylic acids is 1. The number of hydrogen-bond donors (Lipinski definition) is 2. The maximum Gasteiger partial charge on any atom is 0.270 e. The summed E-state index contributed by atoms with van der Waals surface area (Å²) in [6.07, 6.45) is 5.58. The monoisotopic (exact) mass is 416 g/mol. The number of nitrogen functional groups attached to an aromatic ring is 1. The van der Waals surface area contributed by atoms with Gasteiger partial charge in [0.2, 0.25) is 5.43 Å². The molecule has 5 rings (SSSR count). The Kier molecular flexibility index (Phi) is 4.47. The topological polar surface area (TPSA) is 96.0 Å². The summed E-state index contributed by atoms with van der Waals surface area (Å²) in [5.41, 5.74) is 2.35. The molecule has 10 heteroatoms. The van der Waals surface area contributed by atoms with Crippen molar-refractivity contribution in [1.29, 1.82) is 0 Å². The van der Waals surface area contributed by atoms with Crippen LogP contribution in [0.1, 0.15) is 36.0 Å². The van der Waals surface area contributed by atoms with Gasteiger partial charge in [-0.15, -0.1) is 5.10 Å². The number of amides is 1. The fourth-order valence-corrected chi connectivity index (χ4v) is 5.53. The van der Waals surface area contributed by atoms with Gasteiger partial charge in [0.1, 0.15) is 11.4 Å². The molecule has 0 radical (unpaired) electrons. The number of halogens is 1. The molecular formula is C19H21FN6O2S. The first kappa shape index (κ1) is 18.4. The second kappa shape index (κ2) is 7.03. The van der Waals surface area contributed by atoms with Crippen molar-refractivity contribution in [3.05, 3.63) is 33.9 Å². The largest absolute Gasteiger partial charge is 0.368 e. The number of thioether (sulfide) groups is 1. The Bertz CT molecular complexity index is 1100. The second-order valence-electron chi connectivity index (χ2n) is 7.50. The van der Waals surface area contributed by atoms with E-state index >= 15 is 4.39 Å². The summed E-state index contributed by atoms with van der Waals surface area (Å²) in [4.78, 5) is 29.9. The van der Waals surface area contributed by atoms with Gasteiger partial charge in [-0.25, -0.2) is 14.9 Å². The molecule has 2 aromatic rings. The van der Waals surface area contributed by atoms with Crippen LogP contribution in [-0.4, -0.2) is 46.8 Å². The first-order chi connectivity index (χ1) is 14.1. The Morgan fingerprint density at radius 3 is 2.45 bits per heavy atom. The normalized spacial score (nSPS) is 18.5. The summed E-state index contributed by atoms with van der Waals surface area (Å²) in [6, 6.07) is 1.23. The predicted molar refractivity (Wildman–Crippen MR) is 111 cm³/mol. The zero-order chi connectivity index (χ0) is 20.1. The molecule has 2 fully saturated rings. The number of hydrogen-bond acceptors (Lipinski definition) is 7. The summed E-state index contributed by atoms with van der Waals surface area (Å²) >= 11 is 1.41. The third-order valence-electron chi connectivity index (χ3n) is 5.71. The van der Waals surface area contributed by atoms with E-state index in [9.17, 15) is 9.59 Å². The molecule has 29 heavy (non-hydrogen) atoms. The zero-order valence-corrected chi connectivity index (χ0v) is 16.6. The smallest absolute Gasteiger partial charge is 0.270 e.